The van der Waals surface area contributed by atoms with Crippen molar-refractivity contribution in [3.8, 4) is 0 Å². The number of hydrogen-bond donors (Lipinski definition) is 1. The van der Waals surface area contributed by atoms with Crippen molar-refractivity contribution in [3.05, 3.63) is 11.6 Å². The highest BCUT2D eigenvalue weighted by Crippen LogP contribution is 2.65. The highest BCUT2D eigenvalue weighted by Gasteiger charge is 2.58. The Hall–Kier alpha value is -0.340. The van der Waals surface area contributed by atoms with E-state index in [1.807, 2.05) is 0 Å². The molecular formula is C21H35NO. The Balaban J connectivity index is 1.65. The summed E-state index contributed by atoms with van der Waals surface area (Å²) in [5, 5.41) is 10.1. The van der Waals surface area contributed by atoms with Crippen LogP contribution in [0, 0.1) is 28.6 Å². The molecule has 0 aliphatic heterocycles. The second kappa shape index (κ2) is 5.33. The Labute approximate surface area is 142 Å². The van der Waals surface area contributed by atoms with Gasteiger partial charge in [0.05, 0.1) is 6.10 Å². The van der Waals surface area contributed by atoms with Crippen LogP contribution in [0.3, 0.4) is 0 Å². The van der Waals surface area contributed by atoms with Crippen molar-refractivity contribution < 1.29 is 5.11 Å². The molecule has 0 aromatic heterocycles. The van der Waals surface area contributed by atoms with Crippen molar-refractivity contribution in [3.63, 3.8) is 0 Å². The van der Waals surface area contributed by atoms with Gasteiger partial charge in [-0.2, -0.15) is 0 Å². The second-order valence-corrected chi connectivity index (χ2v) is 9.76. The minimum atomic E-state index is -0.0793. The van der Waals surface area contributed by atoms with Gasteiger partial charge in [0.25, 0.3) is 0 Å². The van der Waals surface area contributed by atoms with E-state index in [2.05, 4.69) is 38.9 Å². The van der Waals surface area contributed by atoms with Gasteiger partial charge in [0.2, 0.25) is 0 Å². The molecule has 0 saturated heterocycles. The Morgan fingerprint density at radius 3 is 2.57 bits per heavy atom. The van der Waals surface area contributed by atoms with Gasteiger partial charge in [-0.1, -0.05) is 25.5 Å². The first-order valence-corrected chi connectivity index (χ1v) is 9.90. The van der Waals surface area contributed by atoms with Gasteiger partial charge in [-0.15, -0.1) is 0 Å². The molecule has 7 atom stereocenters. The zero-order valence-electron chi connectivity index (χ0n) is 15.5. The van der Waals surface area contributed by atoms with Crippen LogP contribution in [0.15, 0.2) is 11.6 Å². The first kappa shape index (κ1) is 16.1. The largest absolute Gasteiger partial charge is 0.393 e. The van der Waals surface area contributed by atoms with E-state index in [1.54, 1.807) is 5.57 Å². The smallest absolute Gasteiger partial charge is 0.0577 e. The van der Waals surface area contributed by atoms with Gasteiger partial charge in [-0.05, 0) is 94.0 Å². The maximum Gasteiger partial charge on any atom is 0.0577 e. The van der Waals surface area contributed by atoms with Gasteiger partial charge in [0.15, 0.2) is 0 Å². The highest BCUT2D eigenvalue weighted by atomic mass is 16.3. The lowest BCUT2D eigenvalue weighted by Gasteiger charge is -2.58. The van der Waals surface area contributed by atoms with Gasteiger partial charge in [0, 0.05) is 6.04 Å². The van der Waals surface area contributed by atoms with Gasteiger partial charge < -0.3 is 10.0 Å². The summed E-state index contributed by atoms with van der Waals surface area (Å²) in [5.74, 6) is 2.67. The van der Waals surface area contributed by atoms with E-state index in [1.165, 1.54) is 38.5 Å². The topological polar surface area (TPSA) is 23.5 Å². The SMILES string of the molecule is CN(C)[C@H]1CC[C@@H]2[C@H]3CC=C4C[C@@H](O)CC[C@]4(C)[C@@H]3CC[C@]21C. The van der Waals surface area contributed by atoms with Crippen LogP contribution in [0.1, 0.15) is 65.2 Å². The molecule has 0 aromatic rings. The Kier molecular flexibility index (Phi) is 3.74. The molecule has 0 unspecified atom stereocenters. The van der Waals surface area contributed by atoms with Crippen LogP contribution in [0.5, 0.6) is 0 Å². The summed E-state index contributed by atoms with van der Waals surface area (Å²) in [5.41, 5.74) is 2.52. The van der Waals surface area contributed by atoms with Crippen molar-refractivity contribution >= 4 is 0 Å². The fourth-order valence-corrected chi connectivity index (χ4v) is 7.46. The van der Waals surface area contributed by atoms with Crippen molar-refractivity contribution in [1.82, 2.24) is 4.90 Å². The number of fused-ring (bicyclic) bond motifs is 5. The third kappa shape index (κ3) is 2.20. The standard InChI is InChI=1S/C21H35NO/c1-20-11-9-15(23)13-14(20)5-6-16-17-7-8-19(22(3)4)21(17,2)12-10-18(16)20/h5,15-19,23H,6-13H2,1-4H3/t15-,16+,17+,18+,19-,20-,21+/m0/s1. The molecule has 4 aliphatic rings. The molecule has 4 aliphatic carbocycles. The average molecular weight is 318 g/mol. The van der Waals surface area contributed by atoms with Gasteiger partial charge in [-0.3, -0.25) is 0 Å². The van der Waals surface area contributed by atoms with E-state index in [-0.39, 0.29) is 6.10 Å². The van der Waals surface area contributed by atoms with Crippen LogP contribution >= 0.6 is 0 Å². The molecule has 2 heteroatoms. The third-order valence-corrected chi connectivity index (χ3v) is 8.65. The van der Waals surface area contributed by atoms with Crippen molar-refractivity contribution in [2.45, 2.75) is 77.4 Å². The molecule has 0 heterocycles. The van der Waals surface area contributed by atoms with Crippen LogP contribution < -0.4 is 0 Å². The molecule has 4 rings (SSSR count). The van der Waals surface area contributed by atoms with E-state index < -0.39 is 0 Å². The summed E-state index contributed by atoms with van der Waals surface area (Å²) >= 11 is 0. The predicted octanol–water partition coefficient (Wildman–Crippen LogP) is 4.24. The minimum absolute atomic E-state index is 0.0793. The minimum Gasteiger partial charge on any atom is -0.393 e. The highest BCUT2D eigenvalue weighted by molar-refractivity contribution is 5.25. The number of aliphatic hydroxyl groups is 1. The van der Waals surface area contributed by atoms with Crippen molar-refractivity contribution in [2.24, 2.45) is 28.6 Å². The predicted molar refractivity (Wildman–Crippen MR) is 95.2 cm³/mol. The molecule has 1 N–H and O–H groups in total. The molecule has 0 aromatic carbocycles. The lowest BCUT2D eigenvalue weighted by Crippen LogP contribution is -2.53. The summed E-state index contributed by atoms with van der Waals surface area (Å²) in [4.78, 5) is 2.50. The zero-order valence-corrected chi connectivity index (χ0v) is 15.5. The summed E-state index contributed by atoms with van der Waals surface area (Å²) in [6.07, 6.45) is 12.6. The van der Waals surface area contributed by atoms with E-state index in [9.17, 15) is 5.11 Å². The molecular weight excluding hydrogens is 282 g/mol. The van der Waals surface area contributed by atoms with Gasteiger partial charge in [-0.25, -0.2) is 0 Å². The number of rotatable bonds is 1. The summed E-state index contributed by atoms with van der Waals surface area (Å²) in [6, 6.07) is 0.778. The molecule has 0 amide bonds. The molecule has 0 bridgehead atoms. The first-order chi connectivity index (χ1) is 10.9. The molecule has 0 spiro atoms. The number of hydrogen-bond acceptors (Lipinski definition) is 2. The van der Waals surface area contributed by atoms with Crippen molar-refractivity contribution in [2.75, 3.05) is 14.1 Å². The van der Waals surface area contributed by atoms with E-state index >= 15 is 0 Å². The quantitative estimate of drug-likeness (QED) is 0.731. The Morgan fingerprint density at radius 2 is 1.83 bits per heavy atom. The average Bonchev–Trinajstić information content (AvgIpc) is 2.85. The van der Waals surface area contributed by atoms with Crippen LogP contribution in [-0.4, -0.2) is 36.2 Å². The van der Waals surface area contributed by atoms with Crippen molar-refractivity contribution in [1.29, 1.82) is 0 Å². The van der Waals surface area contributed by atoms with Crippen LogP contribution in [0.25, 0.3) is 0 Å². The van der Waals surface area contributed by atoms with Crippen LogP contribution in [0.4, 0.5) is 0 Å². The van der Waals surface area contributed by atoms with E-state index in [0.717, 1.165) is 36.6 Å². The molecule has 3 saturated carbocycles. The normalized spacial score (nSPS) is 52.6. The van der Waals surface area contributed by atoms with E-state index in [0.29, 0.717) is 10.8 Å². The van der Waals surface area contributed by atoms with Gasteiger partial charge in [0.1, 0.15) is 0 Å². The fraction of sp³-hybridized carbons (Fsp3) is 0.905. The number of nitrogens with zero attached hydrogens (tertiary/aromatic N) is 1. The summed E-state index contributed by atoms with van der Waals surface area (Å²) in [6.45, 7) is 5.13. The van der Waals surface area contributed by atoms with E-state index in [4.69, 9.17) is 0 Å². The molecule has 130 valence electrons. The molecule has 2 nitrogen and oxygen atoms in total. The second-order valence-electron chi connectivity index (χ2n) is 9.76. The Bertz CT molecular complexity index is 512. The van der Waals surface area contributed by atoms with Crippen LogP contribution in [-0.2, 0) is 0 Å². The zero-order chi connectivity index (χ0) is 16.4. The summed E-state index contributed by atoms with van der Waals surface area (Å²) in [7, 11) is 4.57. The maximum atomic E-state index is 10.1. The summed E-state index contributed by atoms with van der Waals surface area (Å²) < 4.78 is 0. The van der Waals surface area contributed by atoms with Gasteiger partial charge >= 0.3 is 0 Å². The Morgan fingerprint density at radius 1 is 1.04 bits per heavy atom. The lowest BCUT2D eigenvalue weighted by atomic mass is 9.48. The third-order valence-electron chi connectivity index (χ3n) is 8.65. The number of allylic oxidation sites excluding steroid dienone is 1. The monoisotopic (exact) mass is 317 g/mol. The first-order valence-electron chi connectivity index (χ1n) is 9.90. The fourth-order valence-electron chi connectivity index (χ4n) is 7.46. The molecule has 23 heavy (non-hydrogen) atoms. The molecule has 0 radical (unpaired) electrons. The lowest BCUT2D eigenvalue weighted by molar-refractivity contribution is -0.0537. The maximum absolute atomic E-state index is 10.1. The van der Waals surface area contributed by atoms with Crippen LogP contribution in [0.2, 0.25) is 0 Å². The number of aliphatic hydroxyl groups excluding tert-OH is 1. The molecule has 3 fully saturated rings.